The molecule has 10 nitrogen and oxygen atoms in total. The van der Waals surface area contributed by atoms with Crippen LogP contribution in [0.5, 0.6) is 5.75 Å². The number of carbonyl (C=O) groups is 4. The Hall–Kier alpha value is -3.52. The van der Waals surface area contributed by atoms with E-state index in [1.165, 1.54) is 12.1 Å². The SMILES string of the molecule is C=CC(=O)OCCOC(=O)C(F)(F)C(F)(F)C(=O)Oc1ccc([C@@H](OO)C2CCC(OC=O)CC2)cc1. The van der Waals surface area contributed by atoms with Gasteiger partial charge >= 0.3 is 29.8 Å². The third-order valence-corrected chi connectivity index (χ3v) is 5.56. The first-order valence-electron chi connectivity index (χ1n) is 10.9. The largest absolute Gasteiger partial charge is 0.465 e. The number of ether oxygens (including phenoxy) is 4. The van der Waals surface area contributed by atoms with Crippen LogP contribution in [0, 0.1) is 5.92 Å². The van der Waals surface area contributed by atoms with Gasteiger partial charge in [-0.2, -0.15) is 17.6 Å². The second-order valence-electron chi connectivity index (χ2n) is 7.91. The topological polar surface area (TPSA) is 135 Å². The molecule has 1 aromatic rings. The summed E-state index contributed by atoms with van der Waals surface area (Å²) in [6.07, 6.45) is 1.79. The fourth-order valence-corrected chi connectivity index (χ4v) is 3.60. The van der Waals surface area contributed by atoms with Crippen LogP contribution in [0.4, 0.5) is 17.6 Å². The standard InChI is InChI=1S/C23H24F4O10/c1-2-18(29)33-11-12-34-20(30)22(24,25)23(26,27)21(31)36-17-9-5-15(6-10-17)19(37-32)14-3-7-16(8-4-14)35-13-28/h2,5-6,9-10,13-14,16,19,32H,1,3-4,7-8,11-12H2/t14?,16?,19-/m0/s1. The fourth-order valence-electron chi connectivity index (χ4n) is 3.60. The van der Waals surface area contributed by atoms with Crippen molar-refractivity contribution in [3.63, 3.8) is 0 Å². The lowest BCUT2D eigenvalue weighted by Gasteiger charge is -2.31. The molecule has 0 spiro atoms. The van der Waals surface area contributed by atoms with E-state index in [4.69, 9.17) is 4.74 Å². The van der Waals surface area contributed by atoms with Crippen LogP contribution < -0.4 is 4.74 Å². The molecule has 1 N–H and O–H groups in total. The van der Waals surface area contributed by atoms with Crippen LogP contribution in [0.3, 0.4) is 0 Å². The van der Waals surface area contributed by atoms with Gasteiger partial charge in [0.15, 0.2) is 0 Å². The van der Waals surface area contributed by atoms with Gasteiger partial charge in [0.2, 0.25) is 0 Å². The Morgan fingerprint density at radius 2 is 1.54 bits per heavy atom. The molecular formula is C23H24F4O10. The highest BCUT2D eigenvalue weighted by atomic mass is 19.3. The van der Waals surface area contributed by atoms with Gasteiger partial charge in [-0.1, -0.05) is 18.7 Å². The minimum Gasteiger partial charge on any atom is -0.465 e. The van der Waals surface area contributed by atoms with E-state index in [0.29, 0.717) is 37.7 Å². The van der Waals surface area contributed by atoms with Crippen molar-refractivity contribution in [3.05, 3.63) is 42.5 Å². The zero-order chi connectivity index (χ0) is 27.6. The smallest absolute Gasteiger partial charge is 0.416 e. The van der Waals surface area contributed by atoms with Crippen LogP contribution in [0.1, 0.15) is 37.4 Å². The molecule has 0 aliphatic heterocycles. The van der Waals surface area contributed by atoms with Crippen molar-refractivity contribution in [3.8, 4) is 5.75 Å². The van der Waals surface area contributed by atoms with Crippen LogP contribution in [0.25, 0.3) is 0 Å². The third-order valence-electron chi connectivity index (χ3n) is 5.56. The molecule has 1 saturated carbocycles. The molecule has 0 saturated heterocycles. The summed E-state index contributed by atoms with van der Waals surface area (Å²) in [5.74, 6) is -18.3. The number of benzene rings is 1. The molecule has 0 bridgehead atoms. The Labute approximate surface area is 208 Å². The van der Waals surface area contributed by atoms with Crippen molar-refractivity contribution in [2.45, 2.75) is 49.7 Å². The molecule has 0 heterocycles. The highest BCUT2D eigenvalue weighted by molar-refractivity contribution is 5.91. The Bertz CT molecular complexity index is 959. The summed E-state index contributed by atoms with van der Waals surface area (Å²) >= 11 is 0. The van der Waals surface area contributed by atoms with Gasteiger partial charge < -0.3 is 18.9 Å². The van der Waals surface area contributed by atoms with Crippen molar-refractivity contribution in [1.82, 2.24) is 0 Å². The van der Waals surface area contributed by atoms with Crippen LogP contribution >= 0.6 is 0 Å². The Balaban J connectivity index is 1.98. The Kier molecular flexibility index (Phi) is 10.6. The average molecular weight is 536 g/mol. The van der Waals surface area contributed by atoms with Gasteiger partial charge in [-0.15, -0.1) is 0 Å². The zero-order valence-electron chi connectivity index (χ0n) is 19.3. The summed E-state index contributed by atoms with van der Waals surface area (Å²) in [6, 6.07) is 4.57. The third kappa shape index (κ3) is 7.49. The number of alkyl halides is 4. The summed E-state index contributed by atoms with van der Waals surface area (Å²) in [5.41, 5.74) is 0.375. The maximum Gasteiger partial charge on any atom is 0.416 e. The quantitative estimate of drug-likeness (QED) is 0.0460. The van der Waals surface area contributed by atoms with E-state index in [9.17, 15) is 42.0 Å². The highest BCUT2D eigenvalue weighted by Crippen LogP contribution is 2.39. The van der Waals surface area contributed by atoms with Crippen molar-refractivity contribution in [2.75, 3.05) is 13.2 Å². The van der Waals surface area contributed by atoms with E-state index in [2.05, 4.69) is 25.7 Å². The van der Waals surface area contributed by atoms with Crippen molar-refractivity contribution >= 4 is 24.4 Å². The van der Waals surface area contributed by atoms with Gasteiger partial charge in [-0.3, -0.25) is 10.1 Å². The van der Waals surface area contributed by atoms with E-state index < -0.39 is 54.8 Å². The van der Waals surface area contributed by atoms with Gasteiger partial charge in [-0.25, -0.2) is 19.3 Å². The molecular weight excluding hydrogens is 512 g/mol. The van der Waals surface area contributed by atoms with Crippen LogP contribution in [0.15, 0.2) is 36.9 Å². The predicted octanol–water partition coefficient (Wildman–Crippen LogP) is 3.40. The van der Waals surface area contributed by atoms with Gasteiger partial charge in [0.25, 0.3) is 6.47 Å². The van der Waals surface area contributed by atoms with Crippen LogP contribution in [-0.2, 0) is 38.3 Å². The number of hydrogen-bond acceptors (Lipinski definition) is 10. The van der Waals surface area contributed by atoms with E-state index >= 15 is 0 Å². The molecule has 2 rings (SSSR count). The van der Waals surface area contributed by atoms with Gasteiger partial charge in [0.05, 0.1) is 0 Å². The first kappa shape index (κ1) is 29.7. The van der Waals surface area contributed by atoms with Crippen LogP contribution in [0.2, 0.25) is 0 Å². The zero-order valence-corrected chi connectivity index (χ0v) is 19.3. The lowest BCUT2D eigenvalue weighted by molar-refractivity contribution is -0.296. The molecule has 14 heteroatoms. The van der Waals surface area contributed by atoms with E-state index in [0.717, 1.165) is 18.2 Å². The molecule has 0 aromatic heterocycles. The molecule has 1 fully saturated rings. The molecule has 0 amide bonds. The first-order valence-corrected chi connectivity index (χ1v) is 10.9. The summed E-state index contributed by atoms with van der Waals surface area (Å²) in [7, 11) is 0. The molecule has 0 unspecified atom stereocenters. The van der Waals surface area contributed by atoms with Crippen molar-refractivity contribution in [2.24, 2.45) is 5.92 Å². The highest BCUT2D eigenvalue weighted by Gasteiger charge is 2.69. The molecule has 37 heavy (non-hydrogen) atoms. The summed E-state index contributed by atoms with van der Waals surface area (Å²) in [5, 5.41) is 9.35. The summed E-state index contributed by atoms with van der Waals surface area (Å²) in [6.45, 7) is 1.74. The van der Waals surface area contributed by atoms with E-state index in [1.54, 1.807) is 0 Å². The second-order valence-corrected chi connectivity index (χ2v) is 7.91. The normalized spacial score (nSPS) is 18.7. The number of carbonyl (C=O) groups excluding carboxylic acids is 4. The maximum absolute atomic E-state index is 14.1. The average Bonchev–Trinajstić information content (AvgIpc) is 2.88. The number of hydrogen-bond donors (Lipinski definition) is 1. The van der Waals surface area contributed by atoms with Crippen molar-refractivity contribution in [1.29, 1.82) is 0 Å². The number of esters is 3. The Morgan fingerprint density at radius 1 is 0.973 bits per heavy atom. The summed E-state index contributed by atoms with van der Waals surface area (Å²) < 4.78 is 73.7. The number of halogens is 4. The first-order chi connectivity index (χ1) is 17.5. The predicted molar refractivity (Wildman–Crippen MR) is 113 cm³/mol. The minimum absolute atomic E-state index is 0.181. The number of rotatable bonds is 13. The second kappa shape index (κ2) is 13.1. The van der Waals surface area contributed by atoms with Gasteiger partial charge in [0, 0.05) is 6.08 Å². The van der Waals surface area contributed by atoms with Crippen molar-refractivity contribution < 1.29 is 65.8 Å². The van der Waals surface area contributed by atoms with Crippen LogP contribution in [-0.4, -0.2) is 60.8 Å². The van der Waals surface area contributed by atoms with Gasteiger partial charge in [-0.05, 0) is 49.3 Å². The Morgan fingerprint density at radius 3 is 2.08 bits per heavy atom. The molecule has 1 aliphatic rings. The monoisotopic (exact) mass is 536 g/mol. The molecule has 1 aromatic carbocycles. The lowest BCUT2D eigenvalue weighted by atomic mass is 9.81. The molecule has 1 atom stereocenters. The molecule has 204 valence electrons. The lowest BCUT2D eigenvalue weighted by Crippen LogP contribution is -2.54. The van der Waals surface area contributed by atoms with E-state index in [-0.39, 0.29) is 12.0 Å². The van der Waals surface area contributed by atoms with Gasteiger partial charge in [0.1, 0.15) is 31.2 Å². The maximum atomic E-state index is 14.1. The van der Waals surface area contributed by atoms with E-state index in [1.807, 2.05) is 0 Å². The minimum atomic E-state index is -5.60. The fraction of sp³-hybridized carbons (Fsp3) is 0.478. The summed E-state index contributed by atoms with van der Waals surface area (Å²) in [4.78, 5) is 49.1. The molecule has 0 radical (unpaired) electrons. The molecule has 1 aliphatic carbocycles.